The summed E-state index contributed by atoms with van der Waals surface area (Å²) in [5.41, 5.74) is 1.82. The summed E-state index contributed by atoms with van der Waals surface area (Å²) in [4.78, 5) is 11.7. The maximum absolute atomic E-state index is 11.7. The van der Waals surface area contributed by atoms with Crippen LogP contribution in [0, 0.1) is 0 Å². The molecular weight excluding hydrogens is 252 g/mol. The van der Waals surface area contributed by atoms with Crippen molar-refractivity contribution in [3.63, 3.8) is 0 Å². The van der Waals surface area contributed by atoms with E-state index < -0.39 is 0 Å². The Labute approximate surface area is 106 Å². The largest absolute Gasteiger partial charge is 0.354 e. The van der Waals surface area contributed by atoms with E-state index in [-0.39, 0.29) is 11.6 Å². The fourth-order valence-corrected chi connectivity index (χ4v) is 2.24. The van der Waals surface area contributed by atoms with Crippen molar-refractivity contribution in [2.75, 3.05) is 7.05 Å². The molecule has 0 spiro atoms. The van der Waals surface area contributed by atoms with Crippen LogP contribution in [-0.4, -0.2) is 37.5 Å². The van der Waals surface area contributed by atoms with Gasteiger partial charge in [-0.1, -0.05) is 21.8 Å². The highest BCUT2D eigenvalue weighted by Gasteiger charge is 2.19. The number of aromatic nitrogens is 5. The third kappa shape index (κ3) is 1.54. The lowest BCUT2D eigenvalue weighted by atomic mass is 10.3. The maximum atomic E-state index is 11.7. The monoisotopic (exact) mass is 260 g/mol. The highest BCUT2D eigenvalue weighted by molar-refractivity contribution is 7.08. The van der Waals surface area contributed by atoms with Gasteiger partial charge in [-0.3, -0.25) is 4.79 Å². The Hall–Kier alpha value is -2.35. The van der Waals surface area contributed by atoms with Gasteiger partial charge >= 0.3 is 0 Å². The van der Waals surface area contributed by atoms with Crippen LogP contribution < -0.4 is 5.32 Å². The van der Waals surface area contributed by atoms with Crippen molar-refractivity contribution < 1.29 is 4.79 Å². The van der Waals surface area contributed by atoms with E-state index in [1.54, 1.807) is 11.7 Å². The number of nitrogens with one attached hydrogen (secondary N) is 1. The number of fused-ring (bicyclic) bond motifs is 1. The van der Waals surface area contributed by atoms with E-state index in [0.29, 0.717) is 5.00 Å². The van der Waals surface area contributed by atoms with Crippen LogP contribution in [0.2, 0.25) is 0 Å². The van der Waals surface area contributed by atoms with Gasteiger partial charge in [-0.05, 0) is 12.1 Å². The maximum Gasteiger partial charge on any atom is 0.274 e. The number of benzene rings is 1. The molecule has 2 aromatic heterocycles. The first-order valence-electron chi connectivity index (χ1n) is 5.16. The Morgan fingerprint density at radius 1 is 1.33 bits per heavy atom. The first-order chi connectivity index (χ1) is 8.81. The van der Waals surface area contributed by atoms with Gasteiger partial charge in [0.1, 0.15) is 5.52 Å². The summed E-state index contributed by atoms with van der Waals surface area (Å²) in [5, 5.41) is 15.0. The molecule has 0 bridgehead atoms. The van der Waals surface area contributed by atoms with Gasteiger partial charge < -0.3 is 5.32 Å². The molecule has 0 atom stereocenters. The molecule has 3 rings (SSSR count). The molecule has 8 heteroatoms. The standard InChI is InChI=1S/C10H8N6OS/c1-11-9(17)8-10(18-15-13-8)16-7-5-3-2-4-6(7)12-14-16/h2-5H,1H3,(H,11,17). The zero-order chi connectivity index (χ0) is 12.5. The van der Waals surface area contributed by atoms with Gasteiger partial charge in [-0.15, -0.1) is 10.2 Å². The summed E-state index contributed by atoms with van der Waals surface area (Å²) in [7, 11) is 1.55. The van der Waals surface area contributed by atoms with Crippen LogP contribution >= 0.6 is 11.5 Å². The van der Waals surface area contributed by atoms with Gasteiger partial charge in [0.2, 0.25) is 0 Å². The predicted molar refractivity (Wildman–Crippen MR) is 65.7 cm³/mol. The third-order valence-corrected chi connectivity index (χ3v) is 3.16. The molecule has 0 unspecified atom stereocenters. The molecule has 0 aliphatic carbocycles. The first-order valence-corrected chi connectivity index (χ1v) is 5.94. The summed E-state index contributed by atoms with van der Waals surface area (Å²) in [5.74, 6) is -0.293. The lowest BCUT2D eigenvalue weighted by Gasteiger charge is -1.99. The van der Waals surface area contributed by atoms with Crippen molar-refractivity contribution >= 4 is 28.5 Å². The Morgan fingerprint density at radius 2 is 2.17 bits per heavy atom. The predicted octanol–water partition coefficient (Wildman–Crippen LogP) is 0.632. The number of nitrogens with zero attached hydrogens (tertiary/aromatic N) is 5. The SMILES string of the molecule is CNC(=O)c1nnsc1-n1nnc2ccccc21. The Bertz CT molecular complexity index is 718. The van der Waals surface area contributed by atoms with E-state index in [1.807, 2.05) is 24.3 Å². The molecule has 0 aliphatic heterocycles. The average molecular weight is 260 g/mol. The molecule has 0 aliphatic rings. The average Bonchev–Trinajstić information content (AvgIpc) is 3.03. The van der Waals surface area contributed by atoms with Gasteiger partial charge in [0, 0.05) is 18.6 Å². The smallest absolute Gasteiger partial charge is 0.274 e. The van der Waals surface area contributed by atoms with Crippen LogP contribution in [0.1, 0.15) is 10.5 Å². The van der Waals surface area contributed by atoms with Gasteiger partial charge in [0.25, 0.3) is 5.91 Å². The van der Waals surface area contributed by atoms with Crippen LogP contribution in [0.15, 0.2) is 24.3 Å². The molecule has 7 nitrogen and oxygen atoms in total. The molecule has 0 saturated carbocycles. The van der Waals surface area contributed by atoms with Gasteiger partial charge in [-0.25, -0.2) is 0 Å². The van der Waals surface area contributed by atoms with Crippen molar-refractivity contribution in [1.29, 1.82) is 0 Å². The highest BCUT2D eigenvalue weighted by Crippen LogP contribution is 2.20. The minimum atomic E-state index is -0.293. The summed E-state index contributed by atoms with van der Waals surface area (Å²) in [6, 6.07) is 7.50. The Balaban J connectivity index is 2.21. The van der Waals surface area contributed by atoms with Crippen molar-refractivity contribution in [1.82, 2.24) is 29.9 Å². The summed E-state index contributed by atoms with van der Waals surface area (Å²) in [6.45, 7) is 0. The van der Waals surface area contributed by atoms with Crippen molar-refractivity contribution in [2.45, 2.75) is 0 Å². The van der Waals surface area contributed by atoms with E-state index >= 15 is 0 Å². The van der Waals surface area contributed by atoms with Crippen LogP contribution in [0.25, 0.3) is 16.0 Å². The second-order valence-corrected chi connectivity index (χ2v) is 4.23. The summed E-state index contributed by atoms with van der Waals surface area (Å²) >= 11 is 1.10. The third-order valence-electron chi connectivity index (χ3n) is 2.46. The van der Waals surface area contributed by atoms with Gasteiger partial charge in [0.05, 0.1) is 5.52 Å². The van der Waals surface area contributed by atoms with E-state index in [2.05, 4.69) is 25.2 Å². The van der Waals surface area contributed by atoms with Crippen LogP contribution in [-0.2, 0) is 0 Å². The van der Waals surface area contributed by atoms with Crippen LogP contribution in [0.3, 0.4) is 0 Å². The molecular formula is C10H8N6OS. The zero-order valence-corrected chi connectivity index (χ0v) is 10.2. The van der Waals surface area contributed by atoms with Crippen LogP contribution in [0.4, 0.5) is 0 Å². The lowest BCUT2D eigenvalue weighted by Crippen LogP contribution is -2.20. The zero-order valence-electron chi connectivity index (χ0n) is 9.36. The lowest BCUT2D eigenvalue weighted by molar-refractivity contribution is 0.0958. The molecule has 0 radical (unpaired) electrons. The molecule has 90 valence electrons. The molecule has 0 fully saturated rings. The second kappa shape index (κ2) is 4.15. The number of carbonyl (C=O) groups excluding carboxylic acids is 1. The first kappa shape index (κ1) is 10.8. The van der Waals surface area contributed by atoms with Gasteiger partial charge in [0.15, 0.2) is 10.7 Å². The molecule has 3 aromatic rings. The number of amides is 1. The van der Waals surface area contributed by atoms with Gasteiger partial charge in [-0.2, -0.15) is 4.68 Å². The topological polar surface area (TPSA) is 85.6 Å². The minimum absolute atomic E-state index is 0.248. The van der Waals surface area contributed by atoms with E-state index in [4.69, 9.17) is 0 Å². The van der Waals surface area contributed by atoms with E-state index in [1.165, 1.54) is 0 Å². The van der Waals surface area contributed by atoms with E-state index in [0.717, 1.165) is 22.6 Å². The highest BCUT2D eigenvalue weighted by atomic mass is 32.1. The molecule has 1 amide bonds. The molecule has 1 N–H and O–H groups in total. The second-order valence-electron chi connectivity index (χ2n) is 3.50. The molecule has 18 heavy (non-hydrogen) atoms. The molecule has 0 saturated heterocycles. The Kier molecular flexibility index (Phi) is 2.49. The quantitative estimate of drug-likeness (QED) is 0.730. The van der Waals surface area contributed by atoms with Crippen LogP contribution in [0.5, 0.6) is 0 Å². The normalized spacial score (nSPS) is 10.7. The number of rotatable bonds is 2. The minimum Gasteiger partial charge on any atom is -0.354 e. The van der Waals surface area contributed by atoms with Crippen molar-refractivity contribution in [3.8, 4) is 5.00 Å². The van der Waals surface area contributed by atoms with E-state index in [9.17, 15) is 4.79 Å². The number of hydrogen-bond donors (Lipinski definition) is 1. The fraction of sp³-hybridized carbons (Fsp3) is 0.100. The van der Waals surface area contributed by atoms with Crippen molar-refractivity contribution in [3.05, 3.63) is 30.0 Å². The number of hydrogen-bond acceptors (Lipinski definition) is 6. The Morgan fingerprint density at radius 3 is 3.00 bits per heavy atom. The summed E-state index contributed by atoms with van der Waals surface area (Å²) < 4.78 is 5.37. The number of para-hydroxylation sites is 1. The fourth-order valence-electron chi connectivity index (χ4n) is 1.60. The summed E-state index contributed by atoms with van der Waals surface area (Å²) in [6.07, 6.45) is 0. The molecule has 2 heterocycles. The van der Waals surface area contributed by atoms with Crippen molar-refractivity contribution in [2.24, 2.45) is 0 Å². The molecule has 1 aromatic carbocycles. The number of carbonyl (C=O) groups is 1.